The van der Waals surface area contributed by atoms with Crippen LogP contribution in [-0.2, 0) is 11.8 Å². The van der Waals surface area contributed by atoms with Crippen molar-refractivity contribution in [3.8, 4) is 6.07 Å². The van der Waals surface area contributed by atoms with Crippen LogP contribution in [0.4, 0.5) is 0 Å². The van der Waals surface area contributed by atoms with Crippen molar-refractivity contribution in [3.05, 3.63) is 56.0 Å². The number of hydrogen-bond donors (Lipinski definition) is 0. The molecule has 0 N–H and O–H groups in total. The van der Waals surface area contributed by atoms with Crippen molar-refractivity contribution in [1.82, 2.24) is 9.97 Å². The number of rotatable bonds is 2. The van der Waals surface area contributed by atoms with Crippen LogP contribution in [0.2, 0.25) is 20.4 Å². The van der Waals surface area contributed by atoms with Crippen molar-refractivity contribution in [2.75, 3.05) is 0 Å². The fourth-order valence-electron chi connectivity index (χ4n) is 1.19. The molecule has 8 heteroatoms. The van der Waals surface area contributed by atoms with Crippen molar-refractivity contribution in [2.24, 2.45) is 0 Å². The third-order valence-corrected chi connectivity index (χ3v) is 3.93. The summed E-state index contributed by atoms with van der Waals surface area (Å²) in [4.78, 5) is 7.65. The van der Waals surface area contributed by atoms with Crippen LogP contribution in [0.3, 0.4) is 0 Å². The third-order valence-electron chi connectivity index (χ3n) is 2.21. The van der Waals surface area contributed by atoms with E-state index < -0.39 is 0 Å². The molecule has 0 aliphatic heterocycles. The van der Waals surface area contributed by atoms with E-state index in [-0.39, 0.29) is 6.42 Å². The van der Waals surface area contributed by atoms with Crippen molar-refractivity contribution < 1.29 is 0 Å². The molecule has 3 nitrogen and oxygen atoms in total. The molecule has 0 aliphatic carbocycles. The zero-order chi connectivity index (χ0) is 15.8. The molecule has 2 heterocycles. The minimum atomic E-state index is 0.267. The number of halogens is 5. The first-order chi connectivity index (χ1) is 9.97. The largest absolute Gasteiger partial charge is 0.244 e. The molecule has 0 bridgehead atoms. The Kier molecular flexibility index (Phi) is 8.31. The summed E-state index contributed by atoms with van der Waals surface area (Å²) in [6.45, 7) is 0. The molecule has 0 aromatic carbocycles. The van der Waals surface area contributed by atoms with Gasteiger partial charge in [-0.15, -0.1) is 0 Å². The number of aromatic nitrogens is 2. The summed E-state index contributed by atoms with van der Waals surface area (Å²) in [7, 11) is 0. The molecular formula is C13H8BrCl4N3. The van der Waals surface area contributed by atoms with Gasteiger partial charge in [-0.05, 0) is 17.7 Å². The maximum atomic E-state index is 8.34. The highest BCUT2D eigenvalue weighted by atomic mass is 79.9. The molecule has 0 radical (unpaired) electrons. The lowest BCUT2D eigenvalue weighted by molar-refractivity contribution is 1.19. The first-order valence-corrected chi connectivity index (χ1v) is 8.14. The Labute approximate surface area is 151 Å². The molecule has 2 aromatic heterocycles. The Morgan fingerprint density at radius 3 is 1.81 bits per heavy atom. The van der Waals surface area contributed by atoms with Gasteiger partial charge in [-0.1, -0.05) is 62.3 Å². The van der Waals surface area contributed by atoms with E-state index in [0.29, 0.717) is 31.2 Å². The van der Waals surface area contributed by atoms with Crippen LogP contribution < -0.4 is 0 Å². The summed E-state index contributed by atoms with van der Waals surface area (Å²) < 4.78 is 0. The van der Waals surface area contributed by atoms with Crippen molar-refractivity contribution in [3.63, 3.8) is 0 Å². The van der Waals surface area contributed by atoms with Crippen LogP contribution in [0.1, 0.15) is 11.1 Å². The van der Waals surface area contributed by atoms with Gasteiger partial charge in [0.05, 0.1) is 12.5 Å². The number of hydrogen-bond acceptors (Lipinski definition) is 3. The molecule has 0 spiro atoms. The number of pyridine rings is 2. The predicted octanol–water partition coefficient (Wildman–Crippen LogP) is 5.74. The quantitative estimate of drug-likeness (QED) is 0.453. The van der Waals surface area contributed by atoms with Crippen LogP contribution in [0.25, 0.3) is 0 Å². The molecule has 0 unspecified atom stereocenters. The Morgan fingerprint density at radius 2 is 1.43 bits per heavy atom. The number of alkyl halides is 1. The number of nitriles is 1. The average Bonchev–Trinajstić information content (AvgIpc) is 2.43. The average molecular weight is 428 g/mol. The topological polar surface area (TPSA) is 49.6 Å². The van der Waals surface area contributed by atoms with E-state index in [4.69, 9.17) is 51.7 Å². The van der Waals surface area contributed by atoms with Crippen LogP contribution in [0, 0.1) is 11.3 Å². The molecular weight excluding hydrogens is 420 g/mol. The SMILES string of the molecule is Clc1cc(Cl)c(CBr)cn1.N#CCc1cnc(Cl)cc1Cl. The zero-order valence-electron chi connectivity index (χ0n) is 10.5. The molecule has 0 aliphatic rings. The van der Waals surface area contributed by atoms with E-state index in [2.05, 4.69) is 25.9 Å². The van der Waals surface area contributed by atoms with Crippen molar-refractivity contribution in [2.45, 2.75) is 11.8 Å². The van der Waals surface area contributed by atoms with Crippen LogP contribution in [0.15, 0.2) is 24.5 Å². The van der Waals surface area contributed by atoms with E-state index >= 15 is 0 Å². The minimum absolute atomic E-state index is 0.267. The molecule has 0 saturated heterocycles. The van der Waals surface area contributed by atoms with Crippen molar-refractivity contribution in [1.29, 1.82) is 5.26 Å². The molecule has 2 aromatic rings. The van der Waals surface area contributed by atoms with Gasteiger partial charge in [0.25, 0.3) is 0 Å². The maximum Gasteiger partial charge on any atom is 0.130 e. The molecule has 0 atom stereocenters. The second-order valence-electron chi connectivity index (χ2n) is 3.67. The summed E-state index contributed by atoms with van der Waals surface area (Å²) in [5, 5.41) is 11.0. The van der Waals surface area contributed by atoms with Crippen LogP contribution >= 0.6 is 62.3 Å². The second kappa shape index (κ2) is 9.45. The Bertz CT molecular complexity index is 658. The van der Waals surface area contributed by atoms with Gasteiger partial charge in [0.1, 0.15) is 10.3 Å². The summed E-state index contributed by atoms with van der Waals surface area (Å²) in [6.07, 6.45) is 3.43. The first kappa shape index (κ1) is 18.5. The lowest BCUT2D eigenvalue weighted by Crippen LogP contribution is -1.85. The monoisotopic (exact) mass is 425 g/mol. The highest BCUT2D eigenvalue weighted by Gasteiger charge is 2.00. The molecule has 0 amide bonds. The first-order valence-electron chi connectivity index (χ1n) is 5.50. The standard InChI is InChI=1S/C7H4Cl2N2.C6H4BrCl2N/c8-6-3-7(9)11-4-5(6)1-2-10;7-2-4-3-10-6(9)1-5(4)8/h3-4H,1H2;1,3H,2H2. The highest BCUT2D eigenvalue weighted by molar-refractivity contribution is 9.08. The minimum Gasteiger partial charge on any atom is -0.244 e. The Morgan fingerprint density at radius 1 is 0.952 bits per heavy atom. The van der Waals surface area contributed by atoms with Gasteiger partial charge in [0.15, 0.2) is 0 Å². The lowest BCUT2D eigenvalue weighted by Gasteiger charge is -1.97. The van der Waals surface area contributed by atoms with Gasteiger partial charge in [-0.2, -0.15) is 5.26 Å². The summed E-state index contributed by atoms with van der Waals surface area (Å²) >= 11 is 25.9. The van der Waals surface area contributed by atoms with E-state index in [1.54, 1.807) is 12.3 Å². The Hall–Kier alpha value is -0.570. The molecule has 0 fully saturated rings. The van der Waals surface area contributed by atoms with Crippen LogP contribution in [0.5, 0.6) is 0 Å². The van der Waals surface area contributed by atoms with E-state index in [1.165, 1.54) is 12.3 Å². The van der Waals surface area contributed by atoms with Crippen molar-refractivity contribution >= 4 is 62.3 Å². The van der Waals surface area contributed by atoms with Crippen LogP contribution in [-0.4, -0.2) is 9.97 Å². The lowest BCUT2D eigenvalue weighted by atomic mass is 10.2. The summed E-state index contributed by atoms with van der Waals surface area (Å²) in [5.41, 5.74) is 1.66. The maximum absolute atomic E-state index is 8.34. The smallest absolute Gasteiger partial charge is 0.130 e. The normalized spacial score (nSPS) is 9.52. The zero-order valence-corrected chi connectivity index (χ0v) is 15.1. The second-order valence-corrected chi connectivity index (χ2v) is 5.82. The highest BCUT2D eigenvalue weighted by Crippen LogP contribution is 2.20. The number of nitrogens with zero attached hydrogens (tertiary/aromatic N) is 3. The summed E-state index contributed by atoms with van der Waals surface area (Å²) in [6, 6.07) is 5.13. The van der Waals surface area contributed by atoms with Gasteiger partial charge < -0.3 is 0 Å². The van der Waals surface area contributed by atoms with Gasteiger partial charge in [-0.3, -0.25) is 0 Å². The Balaban J connectivity index is 0.000000211. The third kappa shape index (κ3) is 6.37. The van der Waals surface area contributed by atoms with Gasteiger partial charge in [0.2, 0.25) is 0 Å². The molecule has 2 rings (SSSR count). The fourth-order valence-corrected chi connectivity index (χ4v) is 2.66. The van der Waals surface area contributed by atoms with E-state index in [0.717, 1.165) is 5.56 Å². The predicted molar refractivity (Wildman–Crippen MR) is 90.5 cm³/mol. The molecule has 110 valence electrons. The molecule has 21 heavy (non-hydrogen) atoms. The van der Waals surface area contributed by atoms with E-state index in [9.17, 15) is 0 Å². The summed E-state index contributed by atoms with van der Waals surface area (Å²) in [5.74, 6) is 0. The van der Waals surface area contributed by atoms with Gasteiger partial charge >= 0.3 is 0 Å². The van der Waals surface area contributed by atoms with E-state index in [1.807, 2.05) is 6.07 Å². The fraction of sp³-hybridized carbons (Fsp3) is 0.154. The van der Waals surface area contributed by atoms with Gasteiger partial charge in [0, 0.05) is 33.3 Å². The van der Waals surface area contributed by atoms with Gasteiger partial charge in [-0.25, -0.2) is 9.97 Å². The molecule has 0 saturated carbocycles.